The molecular weight excluding hydrogens is 1150 g/mol. The van der Waals surface area contributed by atoms with E-state index in [9.17, 15) is 14.4 Å². The number of carbonyl (C=O) groups is 3. The Bertz CT molecular complexity index is 3830. The first-order chi connectivity index (χ1) is 44.0. The molecule has 1 unspecified atom stereocenters. The average molecular weight is 1240 g/mol. The number of carbonyl (C=O) groups excluding carboxylic acids is 3. The van der Waals surface area contributed by atoms with E-state index >= 15 is 0 Å². The maximum absolute atomic E-state index is 14.3. The minimum atomic E-state index is -0.324. The lowest BCUT2D eigenvalue weighted by Gasteiger charge is -2.28. The third-order valence-electron chi connectivity index (χ3n) is 16.2. The van der Waals surface area contributed by atoms with Gasteiger partial charge in [-0.05, 0) is 157 Å². The van der Waals surface area contributed by atoms with Gasteiger partial charge in [-0.25, -0.2) is 0 Å². The maximum Gasteiger partial charge on any atom is 0.322 e. The van der Waals surface area contributed by atoms with Crippen LogP contribution in [-0.4, -0.2) is 170 Å². The highest BCUT2D eigenvalue weighted by molar-refractivity contribution is 6.05. The highest BCUT2D eigenvalue weighted by atomic mass is 16.5. The third kappa shape index (κ3) is 17.8. The number of ether oxygens (including phenoxy) is 2. The third-order valence-corrected chi connectivity index (χ3v) is 16.2. The fraction of sp³-hybridized carbons (Fsp3) is 0.397. The first-order valence-electron chi connectivity index (χ1n) is 31.3. The van der Waals surface area contributed by atoms with Crippen molar-refractivity contribution in [3.63, 3.8) is 0 Å². The van der Waals surface area contributed by atoms with Crippen LogP contribution < -0.4 is 41.4 Å². The molecule has 0 bridgehead atoms. The van der Waals surface area contributed by atoms with Crippen LogP contribution in [0.3, 0.4) is 0 Å². The summed E-state index contributed by atoms with van der Waals surface area (Å²) in [6.45, 7) is 12.6. The second-order valence-electron chi connectivity index (χ2n) is 24.6. The zero-order valence-electron chi connectivity index (χ0n) is 53.7. The van der Waals surface area contributed by atoms with Crippen molar-refractivity contribution in [3.8, 4) is 12.0 Å². The van der Waals surface area contributed by atoms with Gasteiger partial charge in [0.05, 0.1) is 12.4 Å². The molecule has 478 valence electrons. The standard InChI is InChI=1S/C68H86N18O5/c1-45(2)56-43-72-85-62(56)77-67(90-54-28-34-83(8)35-29-54)79-65(85)71-42-51-21-18-48(39-59(51)76-64(89)49-22-26-53(27-23-49)75-61(88)17-13-33-82(6)7)38-46(3)57-44-73-86-63(57)78-68(91-55-30-36-84(9)37-31-55)80-66(86)70-41-50-14-10-11-15-58(50)69-40-47-19-24-52(25-20-47)74-60(87)16-12-32-81(4)5/h10-27,39,43-46,54-55,69H,28-38,40-42H2,1-9H3,(H,74,87)(H,75,88)(H,76,89)(H,70,78,80)(H,71,77,79)/b16-12+,17-13+. The second-order valence-corrected chi connectivity index (χ2v) is 24.6. The van der Waals surface area contributed by atoms with Crippen LogP contribution in [0.1, 0.15) is 102 Å². The fourth-order valence-electron chi connectivity index (χ4n) is 10.9. The van der Waals surface area contributed by atoms with Crippen molar-refractivity contribution in [1.29, 1.82) is 0 Å². The van der Waals surface area contributed by atoms with Gasteiger partial charge in [0.2, 0.25) is 23.7 Å². The monoisotopic (exact) mass is 1230 g/mol. The summed E-state index contributed by atoms with van der Waals surface area (Å²) in [5.41, 5.74) is 10.2. The summed E-state index contributed by atoms with van der Waals surface area (Å²) in [6, 6.07) is 29.5. The zero-order chi connectivity index (χ0) is 64.0. The molecule has 2 aliphatic heterocycles. The summed E-state index contributed by atoms with van der Waals surface area (Å²) in [4.78, 5) is 67.8. The molecule has 0 spiro atoms. The molecule has 2 aliphatic rings. The number of nitrogens with one attached hydrogen (secondary N) is 6. The van der Waals surface area contributed by atoms with Gasteiger partial charge in [-0.3, -0.25) is 14.4 Å². The van der Waals surface area contributed by atoms with E-state index in [1.165, 1.54) is 6.08 Å². The van der Waals surface area contributed by atoms with E-state index < -0.39 is 0 Å². The molecule has 10 rings (SSSR count). The van der Waals surface area contributed by atoms with Crippen LogP contribution in [0.5, 0.6) is 12.0 Å². The molecule has 2 fully saturated rings. The van der Waals surface area contributed by atoms with Gasteiger partial charge in [0, 0.05) is 110 Å². The predicted molar refractivity (Wildman–Crippen MR) is 358 cm³/mol. The fourth-order valence-corrected chi connectivity index (χ4v) is 10.9. The number of aromatic nitrogens is 8. The Kier molecular flexibility index (Phi) is 21.7. The number of likely N-dealkylation sites (tertiary alicyclic amines) is 2. The van der Waals surface area contributed by atoms with Gasteiger partial charge < -0.3 is 61.0 Å². The normalized spacial score (nSPS) is 14.9. The number of amides is 3. The molecule has 4 aromatic carbocycles. The van der Waals surface area contributed by atoms with Crippen molar-refractivity contribution in [1.82, 2.24) is 58.8 Å². The van der Waals surface area contributed by atoms with Crippen LogP contribution in [0.4, 0.5) is 34.6 Å². The first-order valence-corrected chi connectivity index (χ1v) is 31.3. The van der Waals surface area contributed by atoms with E-state index in [2.05, 4.69) is 94.8 Å². The topological polar surface area (TPSA) is 241 Å². The molecule has 6 N–H and O–H groups in total. The Hall–Kier alpha value is -9.29. The lowest BCUT2D eigenvalue weighted by atomic mass is 9.94. The Morgan fingerprint density at radius 2 is 1.07 bits per heavy atom. The number of hydrogen-bond donors (Lipinski definition) is 6. The van der Waals surface area contributed by atoms with Crippen molar-refractivity contribution in [2.24, 2.45) is 0 Å². The van der Waals surface area contributed by atoms with Crippen LogP contribution in [0.2, 0.25) is 0 Å². The van der Waals surface area contributed by atoms with Crippen LogP contribution >= 0.6 is 0 Å². The van der Waals surface area contributed by atoms with Crippen LogP contribution in [-0.2, 0) is 35.6 Å². The average Bonchev–Trinajstić information content (AvgIpc) is 1.76. The largest absolute Gasteiger partial charge is 0.460 e. The molecule has 91 heavy (non-hydrogen) atoms. The van der Waals surface area contributed by atoms with Crippen molar-refractivity contribution >= 4 is 63.7 Å². The second kappa shape index (κ2) is 30.5. The molecule has 6 heterocycles. The maximum atomic E-state index is 14.3. The molecular formula is C68H86N18O5. The molecule has 1 atom stereocenters. The number of rotatable bonds is 27. The molecule has 0 saturated carbocycles. The van der Waals surface area contributed by atoms with E-state index in [1.807, 2.05) is 105 Å². The van der Waals surface area contributed by atoms with E-state index in [0.717, 1.165) is 96.6 Å². The van der Waals surface area contributed by atoms with E-state index in [-0.39, 0.29) is 60.3 Å². The lowest BCUT2D eigenvalue weighted by molar-refractivity contribution is -0.112. The van der Waals surface area contributed by atoms with Gasteiger partial charge in [0.25, 0.3) is 5.91 Å². The van der Waals surface area contributed by atoms with Crippen molar-refractivity contribution in [2.75, 3.05) is 113 Å². The number of piperidine rings is 2. The first kappa shape index (κ1) is 64.7. The predicted octanol–water partition coefficient (Wildman–Crippen LogP) is 9.18. The highest BCUT2D eigenvalue weighted by Crippen LogP contribution is 2.31. The number of fused-ring (bicyclic) bond motifs is 2. The number of anilines is 6. The molecule has 4 aromatic heterocycles. The van der Waals surface area contributed by atoms with Gasteiger partial charge in [-0.2, -0.15) is 39.2 Å². The molecule has 3 amide bonds. The van der Waals surface area contributed by atoms with E-state index in [4.69, 9.17) is 39.6 Å². The molecule has 2 saturated heterocycles. The van der Waals surface area contributed by atoms with Gasteiger partial charge in [0.15, 0.2) is 11.3 Å². The highest BCUT2D eigenvalue weighted by Gasteiger charge is 2.26. The van der Waals surface area contributed by atoms with Gasteiger partial charge in [0.1, 0.15) is 12.2 Å². The van der Waals surface area contributed by atoms with Crippen molar-refractivity contribution in [3.05, 3.63) is 167 Å². The zero-order valence-corrected chi connectivity index (χ0v) is 53.7. The molecule has 23 nitrogen and oxygen atoms in total. The Labute approximate surface area is 532 Å². The quantitative estimate of drug-likeness (QED) is 0.0263. The number of likely N-dealkylation sites (N-methyl/N-ethyl adjacent to an activating group) is 2. The summed E-state index contributed by atoms with van der Waals surface area (Å²) < 4.78 is 16.5. The summed E-state index contributed by atoms with van der Waals surface area (Å²) in [7, 11) is 12.0. The molecule has 0 aliphatic carbocycles. The minimum Gasteiger partial charge on any atom is -0.460 e. The molecule has 0 radical (unpaired) electrons. The Morgan fingerprint density at radius 1 is 0.571 bits per heavy atom. The van der Waals surface area contributed by atoms with Gasteiger partial charge >= 0.3 is 12.0 Å². The van der Waals surface area contributed by atoms with E-state index in [1.54, 1.807) is 45.4 Å². The van der Waals surface area contributed by atoms with Crippen LogP contribution in [0.15, 0.2) is 128 Å². The number of benzene rings is 4. The smallest absolute Gasteiger partial charge is 0.322 e. The van der Waals surface area contributed by atoms with Crippen LogP contribution in [0.25, 0.3) is 11.3 Å². The van der Waals surface area contributed by atoms with Crippen molar-refractivity contribution < 1.29 is 23.9 Å². The number of para-hydroxylation sites is 1. The van der Waals surface area contributed by atoms with Crippen LogP contribution in [0, 0.1) is 0 Å². The molecule has 23 heteroatoms. The summed E-state index contributed by atoms with van der Waals surface area (Å²) in [5, 5.41) is 29.4. The van der Waals surface area contributed by atoms with Gasteiger partial charge in [-0.1, -0.05) is 75.4 Å². The van der Waals surface area contributed by atoms with Gasteiger partial charge in [-0.15, -0.1) is 0 Å². The van der Waals surface area contributed by atoms with E-state index in [0.29, 0.717) is 72.7 Å². The minimum absolute atomic E-state index is 0.0141. The summed E-state index contributed by atoms with van der Waals surface area (Å²) in [5.74, 6) is 0.231. The summed E-state index contributed by atoms with van der Waals surface area (Å²) >= 11 is 0. The Balaban J connectivity index is 0.897. The van der Waals surface area contributed by atoms with Crippen molar-refractivity contribution in [2.45, 2.75) is 96.6 Å². The SMILES string of the molecule is CC(C)c1cnn2c(NCc3ccc(CC(C)c4cnn5c(NCc6ccccc6NCc6ccc(NC(=O)/C=C/CN(C)C)cc6)nc(OC6CCN(C)CC6)nc45)cc3NC(=O)c3ccc(NC(=O)/C=C/CN(C)C)cc3)nc(OC3CCN(C)CC3)nc12. The number of nitrogens with zero attached hydrogens (tertiary/aromatic N) is 12. The summed E-state index contributed by atoms with van der Waals surface area (Å²) in [6.07, 6.45) is 14.3. The number of hydrogen-bond acceptors (Lipinski definition) is 18. The molecule has 8 aromatic rings. The lowest BCUT2D eigenvalue weighted by Crippen LogP contribution is -2.36. The Morgan fingerprint density at radius 3 is 1.60 bits per heavy atom.